The third kappa shape index (κ3) is 4.61. The van der Waals surface area contributed by atoms with Crippen LogP contribution in [0.1, 0.15) is 50.9 Å². The summed E-state index contributed by atoms with van der Waals surface area (Å²) in [6.45, 7) is 8.27. The van der Waals surface area contributed by atoms with E-state index in [0.29, 0.717) is 37.3 Å². The van der Waals surface area contributed by atoms with Crippen molar-refractivity contribution in [1.29, 1.82) is 0 Å². The maximum absolute atomic E-state index is 12.2. The zero-order chi connectivity index (χ0) is 17.8. The van der Waals surface area contributed by atoms with E-state index in [1.165, 1.54) is 5.69 Å². The number of aliphatic hydroxyl groups is 1. The molecule has 2 fully saturated rings. The van der Waals surface area contributed by atoms with Crippen LogP contribution in [0.15, 0.2) is 6.07 Å². The van der Waals surface area contributed by atoms with Gasteiger partial charge in [0.2, 0.25) is 5.91 Å². The van der Waals surface area contributed by atoms with Gasteiger partial charge in [-0.05, 0) is 43.6 Å². The molecule has 3 heterocycles. The molecule has 25 heavy (non-hydrogen) atoms. The molecule has 6 nitrogen and oxygen atoms in total. The SMILES string of the molecule is CC(C)Cc1cc(CN2CC[C@@H]3[C@@H](CCC(=O)N3CCCO)C2)[nH]n1. The summed E-state index contributed by atoms with van der Waals surface area (Å²) in [6.07, 6.45) is 4.39. The molecule has 140 valence electrons. The number of carbonyl (C=O) groups is 1. The molecule has 0 aromatic carbocycles. The molecule has 0 bridgehead atoms. The minimum Gasteiger partial charge on any atom is -0.396 e. The van der Waals surface area contributed by atoms with Crippen LogP contribution >= 0.6 is 0 Å². The fourth-order valence-corrected chi connectivity index (χ4v) is 4.36. The molecule has 0 saturated carbocycles. The van der Waals surface area contributed by atoms with E-state index >= 15 is 0 Å². The number of nitrogens with zero attached hydrogens (tertiary/aromatic N) is 3. The van der Waals surface area contributed by atoms with Gasteiger partial charge in [0, 0.05) is 50.9 Å². The number of aromatic nitrogens is 2. The molecule has 2 saturated heterocycles. The molecule has 0 unspecified atom stereocenters. The van der Waals surface area contributed by atoms with Crippen LogP contribution in [-0.4, -0.2) is 63.3 Å². The number of hydrogen-bond donors (Lipinski definition) is 2. The van der Waals surface area contributed by atoms with Crippen molar-refractivity contribution < 1.29 is 9.90 Å². The average Bonchev–Trinajstić information content (AvgIpc) is 3.00. The Morgan fingerprint density at radius 3 is 3.00 bits per heavy atom. The number of fused-ring (bicyclic) bond motifs is 1. The third-order valence-electron chi connectivity index (χ3n) is 5.48. The predicted octanol–water partition coefficient (Wildman–Crippen LogP) is 1.80. The number of aromatic amines is 1. The molecule has 6 heteroatoms. The molecular weight excluding hydrogens is 316 g/mol. The van der Waals surface area contributed by atoms with Gasteiger partial charge in [0.25, 0.3) is 0 Å². The Balaban J connectivity index is 1.56. The second kappa shape index (κ2) is 8.32. The van der Waals surface area contributed by atoms with E-state index in [-0.39, 0.29) is 12.5 Å². The molecule has 1 aromatic heterocycles. The molecule has 2 N–H and O–H groups in total. The van der Waals surface area contributed by atoms with Crippen LogP contribution in [0.3, 0.4) is 0 Å². The number of amides is 1. The van der Waals surface area contributed by atoms with Crippen molar-refractivity contribution in [2.24, 2.45) is 11.8 Å². The van der Waals surface area contributed by atoms with Gasteiger partial charge in [0.15, 0.2) is 0 Å². The highest BCUT2D eigenvalue weighted by atomic mass is 16.3. The van der Waals surface area contributed by atoms with E-state index in [1.807, 2.05) is 4.90 Å². The zero-order valence-electron chi connectivity index (χ0n) is 15.6. The molecule has 0 radical (unpaired) electrons. The molecule has 3 rings (SSSR count). The summed E-state index contributed by atoms with van der Waals surface area (Å²) < 4.78 is 0. The minimum atomic E-state index is 0.159. The summed E-state index contributed by atoms with van der Waals surface area (Å²) in [4.78, 5) is 16.8. The highest BCUT2D eigenvalue weighted by Crippen LogP contribution is 2.31. The van der Waals surface area contributed by atoms with Crippen LogP contribution in [0.4, 0.5) is 0 Å². The summed E-state index contributed by atoms with van der Waals surface area (Å²) in [5.74, 6) is 1.45. The van der Waals surface area contributed by atoms with E-state index in [0.717, 1.165) is 44.6 Å². The van der Waals surface area contributed by atoms with Crippen LogP contribution in [0, 0.1) is 11.8 Å². The van der Waals surface area contributed by atoms with Gasteiger partial charge in [-0.1, -0.05) is 13.8 Å². The number of aliphatic hydroxyl groups excluding tert-OH is 1. The first-order valence-electron chi connectivity index (χ1n) is 9.72. The lowest BCUT2D eigenvalue weighted by molar-refractivity contribution is -0.141. The Hall–Kier alpha value is -1.40. The quantitative estimate of drug-likeness (QED) is 0.788. The van der Waals surface area contributed by atoms with E-state index in [9.17, 15) is 4.79 Å². The van der Waals surface area contributed by atoms with Gasteiger partial charge in [0.05, 0.1) is 5.69 Å². The van der Waals surface area contributed by atoms with Crippen molar-refractivity contribution in [3.05, 3.63) is 17.5 Å². The first-order chi connectivity index (χ1) is 12.1. The van der Waals surface area contributed by atoms with Crippen LogP contribution in [0.5, 0.6) is 0 Å². The molecule has 2 aliphatic rings. The average molecular weight is 348 g/mol. The Kier molecular flexibility index (Phi) is 6.12. The van der Waals surface area contributed by atoms with Crippen LogP contribution in [0.2, 0.25) is 0 Å². The van der Waals surface area contributed by atoms with Gasteiger partial charge < -0.3 is 10.0 Å². The minimum absolute atomic E-state index is 0.159. The molecular formula is C19H32N4O2. The normalized spacial score (nSPS) is 24.8. The molecule has 2 aliphatic heterocycles. The van der Waals surface area contributed by atoms with Gasteiger partial charge in [-0.25, -0.2) is 0 Å². The van der Waals surface area contributed by atoms with Crippen LogP contribution in [-0.2, 0) is 17.8 Å². The molecule has 0 aliphatic carbocycles. The summed E-state index contributed by atoms with van der Waals surface area (Å²) in [5.41, 5.74) is 2.34. The van der Waals surface area contributed by atoms with Crippen molar-refractivity contribution in [2.75, 3.05) is 26.2 Å². The predicted molar refractivity (Wildman–Crippen MR) is 97.0 cm³/mol. The summed E-state index contributed by atoms with van der Waals surface area (Å²) >= 11 is 0. The van der Waals surface area contributed by atoms with Crippen molar-refractivity contribution in [3.8, 4) is 0 Å². The van der Waals surface area contributed by atoms with Crippen LogP contribution < -0.4 is 0 Å². The first-order valence-corrected chi connectivity index (χ1v) is 9.72. The van der Waals surface area contributed by atoms with Gasteiger partial charge >= 0.3 is 0 Å². The first kappa shape index (κ1) is 18.4. The van der Waals surface area contributed by atoms with E-state index in [4.69, 9.17) is 5.11 Å². The largest absolute Gasteiger partial charge is 0.396 e. The van der Waals surface area contributed by atoms with Gasteiger partial charge in [-0.3, -0.25) is 14.8 Å². The van der Waals surface area contributed by atoms with Gasteiger partial charge in [-0.15, -0.1) is 0 Å². The number of piperidine rings is 2. The summed E-state index contributed by atoms with van der Waals surface area (Å²) in [7, 11) is 0. The number of H-pyrrole nitrogens is 1. The lowest BCUT2D eigenvalue weighted by atomic mass is 9.83. The maximum Gasteiger partial charge on any atom is 0.222 e. The zero-order valence-corrected chi connectivity index (χ0v) is 15.6. The molecule has 2 atom stereocenters. The molecule has 1 aromatic rings. The van der Waals surface area contributed by atoms with Crippen LogP contribution in [0.25, 0.3) is 0 Å². The number of nitrogens with one attached hydrogen (secondary N) is 1. The Morgan fingerprint density at radius 2 is 2.24 bits per heavy atom. The number of rotatable bonds is 7. The lowest BCUT2D eigenvalue weighted by Crippen LogP contribution is -2.56. The van der Waals surface area contributed by atoms with Gasteiger partial charge in [-0.2, -0.15) is 5.10 Å². The van der Waals surface area contributed by atoms with Crippen molar-refractivity contribution >= 4 is 5.91 Å². The van der Waals surface area contributed by atoms with E-state index in [1.54, 1.807) is 0 Å². The van der Waals surface area contributed by atoms with Crippen molar-refractivity contribution in [2.45, 2.75) is 58.5 Å². The van der Waals surface area contributed by atoms with E-state index in [2.05, 4.69) is 35.0 Å². The van der Waals surface area contributed by atoms with Crippen molar-refractivity contribution in [1.82, 2.24) is 20.0 Å². The smallest absolute Gasteiger partial charge is 0.222 e. The third-order valence-corrected chi connectivity index (χ3v) is 5.48. The Bertz CT molecular complexity index is 572. The van der Waals surface area contributed by atoms with Gasteiger partial charge in [0.1, 0.15) is 0 Å². The topological polar surface area (TPSA) is 72.5 Å². The number of likely N-dealkylation sites (tertiary alicyclic amines) is 2. The second-order valence-electron chi connectivity index (χ2n) is 8.04. The second-order valence-corrected chi connectivity index (χ2v) is 8.04. The molecule has 0 spiro atoms. The Morgan fingerprint density at radius 1 is 1.40 bits per heavy atom. The van der Waals surface area contributed by atoms with Crippen molar-refractivity contribution in [3.63, 3.8) is 0 Å². The fourth-order valence-electron chi connectivity index (χ4n) is 4.36. The fraction of sp³-hybridized carbons (Fsp3) is 0.789. The standard InChI is InChI=1S/C19H32N4O2/c1-14(2)10-16-11-17(21-20-16)13-22-8-6-18-15(12-22)4-5-19(25)23(18)7-3-9-24/h11,14-15,18,24H,3-10,12-13H2,1-2H3,(H,20,21)/t15-,18+/m0/s1. The highest BCUT2D eigenvalue weighted by molar-refractivity contribution is 5.77. The number of carbonyl (C=O) groups excluding carboxylic acids is 1. The van der Waals surface area contributed by atoms with E-state index < -0.39 is 0 Å². The maximum atomic E-state index is 12.2. The summed E-state index contributed by atoms with van der Waals surface area (Å²) in [6, 6.07) is 2.56. The monoisotopic (exact) mass is 348 g/mol. The lowest BCUT2D eigenvalue weighted by Gasteiger charge is -2.47. The molecule has 1 amide bonds. The highest BCUT2D eigenvalue weighted by Gasteiger charge is 2.38. The number of hydrogen-bond acceptors (Lipinski definition) is 4. The Labute approximate surface area is 150 Å². The summed E-state index contributed by atoms with van der Waals surface area (Å²) in [5, 5.41) is 16.7.